The van der Waals surface area contributed by atoms with Gasteiger partial charge in [0.2, 0.25) is 0 Å². The Balaban J connectivity index is -0.0000000133. The normalized spacial score (nSPS) is 4.11. The molecule has 0 radical (unpaired) electrons. The van der Waals surface area contributed by atoms with Crippen LogP contribution in [0.1, 0.15) is 13.3 Å². The molecule has 9 heavy (non-hydrogen) atoms. The molecule has 0 rings (SSSR count). The van der Waals surface area contributed by atoms with Gasteiger partial charge in [-0.25, -0.2) is 0 Å². The molecule has 6 heteroatoms. The van der Waals surface area contributed by atoms with Crippen LogP contribution in [0.4, 0.5) is 0 Å². The van der Waals surface area contributed by atoms with Gasteiger partial charge in [0.25, 0.3) is 0 Å². The molecule has 0 fully saturated rings. The number of rotatable bonds is 1. The molecule has 0 saturated carbocycles. The van der Waals surface area contributed by atoms with Crippen LogP contribution in [0.5, 0.6) is 0 Å². The fraction of sp³-hybridized carbons (Fsp3) is 0.667. The monoisotopic (exact) mass is 146 g/mol. The lowest BCUT2D eigenvalue weighted by atomic mass is 10.5. The maximum absolute atomic E-state index is 9.37. The summed E-state index contributed by atoms with van der Waals surface area (Å²) in [6.07, 6.45) is 0.222. The molecule has 9 N–H and O–H groups in total. The number of hydrogen-bond donors (Lipinski definition) is 1. The molecule has 6 nitrogen and oxygen atoms in total. The molecule has 0 amide bonds. The van der Waals surface area contributed by atoms with E-state index in [1.807, 2.05) is 0 Å². The summed E-state index contributed by atoms with van der Waals surface area (Å²) in [5.74, 6) is -0.745. The molecule has 62 valence electrons. The number of aliphatic carboxylic acids is 1. The van der Waals surface area contributed by atoms with Gasteiger partial charge >= 0.3 is 5.97 Å². The SMILES string of the molecule is CCC(=O)O.O.O.O.O. The zero-order chi connectivity index (χ0) is 4.28. The highest BCUT2D eigenvalue weighted by Gasteiger charge is 1.80. The average Bonchev–Trinajstić information content (AvgIpc) is 1.38. The highest BCUT2D eigenvalue weighted by atomic mass is 16.4. The molecule has 0 aliphatic carbocycles. The third kappa shape index (κ3) is 120. The third-order valence-corrected chi connectivity index (χ3v) is 0.302. The van der Waals surface area contributed by atoms with Crippen LogP contribution in [0.3, 0.4) is 0 Å². The summed E-state index contributed by atoms with van der Waals surface area (Å²) < 4.78 is 0. The Kier molecular flexibility index (Phi) is 120. The third-order valence-electron chi connectivity index (χ3n) is 0.302. The van der Waals surface area contributed by atoms with Crippen molar-refractivity contribution in [1.82, 2.24) is 0 Å². The van der Waals surface area contributed by atoms with Crippen molar-refractivity contribution in [2.45, 2.75) is 13.3 Å². The van der Waals surface area contributed by atoms with E-state index >= 15 is 0 Å². The summed E-state index contributed by atoms with van der Waals surface area (Å²) in [7, 11) is 0. The van der Waals surface area contributed by atoms with Crippen LogP contribution in [0.2, 0.25) is 0 Å². The summed E-state index contributed by atoms with van der Waals surface area (Å²) >= 11 is 0. The predicted octanol–water partition coefficient (Wildman–Crippen LogP) is -2.82. The summed E-state index contributed by atoms with van der Waals surface area (Å²) in [5, 5.41) is 7.72. The fourth-order valence-electron chi connectivity index (χ4n) is 0. The first-order valence-electron chi connectivity index (χ1n) is 1.49. The Morgan fingerprint density at radius 1 is 1.22 bits per heavy atom. The quantitative estimate of drug-likeness (QED) is 0.422. The zero-order valence-corrected chi connectivity index (χ0v) is 5.06. The van der Waals surface area contributed by atoms with Crippen molar-refractivity contribution in [3.05, 3.63) is 0 Å². The lowest BCUT2D eigenvalue weighted by Crippen LogP contribution is -1.86. The van der Waals surface area contributed by atoms with Crippen molar-refractivity contribution in [3.8, 4) is 0 Å². The van der Waals surface area contributed by atoms with E-state index < -0.39 is 5.97 Å². The minimum atomic E-state index is -0.745. The van der Waals surface area contributed by atoms with Crippen LogP contribution in [-0.2, 0) is 4.79 Å². The molecule has 0 spiro atoms. The highest BCUT2D eigenvalue weighted by Crippen LogP contribution is 1.67. The average molecular weight is 146 g/mol. The van der Waals surface area contributed by atoms with Gasteiger partial charge in [-0.2, -0.15) is 0 Å². The molecule has 0 unspecified atom stereocenters. The number of carbonyl (C=O) groups is 1. The molecular formula is C3H14O6. The minimum absolute atomic E-state index is 0. The van der Waals surface area contributed by atoms with Gasteiger partial charge in [-0.15, -0.1) is 0 Å². The Hall–Kier alpha value is -0.690. The van der Waals surface area contributed by atoms with Gasteiger partial charge in [-0.1, -0.05) is 6.92 Å². The first-order valence-corrected chi connectivity index (χ1v) is 1.49. The van der Waals surface area contributed by atoms with E-state index in [0.29, 0.717) is 0 Å². The van der Waals surface area contributed by atoms with E-state index in [4.69, 9.17) is 5.11 Å². The van der Waals surface area contributed by atoms with Crippen LogP contribution in [-0.4, -0.2) is 33.0 Å². The summed E-state index contributed by atoms with van der Waals surface area (Å²) in [6.45, 7) is 1.60. The van der Waals surface area contributed by atoms with Crippen molar-refractivity contribution in [2.24, 2.45) is 0 Å². The fourth-order valence-corrected chi connectivity index (χ4v) is 0. The van der Waals surface area contributed by atoms with Gasteiger partial charge in [-0.3, -0.25) is 4.79 Å². The molecule has 0 heterocycles. The maximum atomic E-state index is 9.37. The molecule has 0 aromatic rings. The number of carboxylic acid groups (broad SMARTS) is 1. The Morgan fingerprint density at radius 3 is 1.33 bits per heavy atom. The van der Waals surface area contributed by atoms with Crippen molar-refractivity contribution in [2.75, 3.05) is 0 Å². The van der Waals surface area contributed by atoms with Crippen molar-refractivity contribution in [1.29, 1.82) is 0 Å². The molecule has 0 aromatic heterocycles. The molecule has 0 bridgehead atoms. The van der Waals surface area contributed by atoms with Crippen molar-refractivity contribution in [3.63, 3.8) is 0 Å². The molecule has 0 aromatic carbocycles. The first kappa shape index (κ1) is 40.5. The van der Waals surface area contributed by atoms with Gasteiger partial charge in [0, 0.05) is 6.42 Å². The summed E-state index contributed by atoms with van der Waals surface area (Å²) in [6, 6.07) is 0. The topological polar surface area (TPSA) is 163 Å². The van der Waals surface area contributed by atoms with E-state index in [1.54, 1.807) is 6.92 Å². The van der Waals surface area contributed by atoms with Crippen LogP contribution < -0.4 is 0 Å². The van der Waals surface area contributed by atoms with Gasteiger partial charge < -0.3 is 27.0 Å². The second-order valence-corrected chi connectivity index (χ2v) is 0.747. The van der Waals surface area contributed by atoms with Gasteiger partial charge in [-0.05, 0) is 0 Å². The Labute approximate surface area is 52.3 Å². The van der Waals surface area contributed by atoms with E-state index in [-0.39, 0.29) is 28.3 Å². The van der Waals surface area contributed by atoms with Crippen molar-refractivity contribution < 1.29 is 31.8 Å². The van der Waals surface area contributed by atoms with Gasteiger partial charge in [0.15, 0.2) is 0 Å². The zero-order valence-electron chi connectivity index (χ0n) is 5.06. The van der Waals surface area contributed by atoms with Crippen LogP contribution >= 0.6 is 0 Å². The largest absolute Gasteiger partial charge is 0.481 e. The van der Waals surface area contributed by atoms with E-state index in [1.165, 1.54) is 0 Å². The van der Waals surface area contributed by atoms with Gasteiger partial charge in [0.05, 0.1) is 0 Å². The first-order chi connectivity index (χ1) is 2.27. The Bertz CT molecular complexity index is 43.6. The van der Waals surface area contributed by atoms with Crippen LogP contribution in [0, 0.1) is 0 Å². The molecule has 0 saturated heterocycles. The minimum Gasteiger partial charge on any atom is -0.481 e. The molecule has 0 atom stereocenters. The smallest absolute Gasteiger partial charge is 0.303 e. The van der Waals surface area contributed by atoms with E-state index in [9.17, 15) is 4.79 Å². The summed E-state index contributed by atoms with van der Waals surface area (Å²) in [5.41, 5.74) is 0. The van der Waals surface area contributed by atoms with Gasteiger partial charge in [0.1, 0.15) is 0 Å². The van der Waals surface area contributed by atoms with Crippen molar-refractivity contribution >= 4 is 5.97 Å². The molecule has 0 aliphatic rings. The lowest BCUT2D eigenvalue weighted by Gasteiger charge is -1.71. The second-order valence-electron chi connectivity index (χ2n) is 0.747. The maximum Gasteiger partial charge on any atom is 0.303 e. The second kappa shape index (κ2) is 26.6. The van der Waals surface area contributed by atoms with Crippen LogP contribution in [0.15, 0.2) is 0 Å². The Morgan fingerprint density at radius 2 is 1.33 bits per heavy atom. The molecular weight excluding hydrogens is 132 g/mol. The molecule has 0 aliphatic heterocycles. The van der Waals surface area contributed by atoms with Crippen LogP contribution in [0.25, 0.3) is 0 Å². The lowest BCUT2D eigenvalue weighted by molar-refractivity contribution is -0.136. The van der Waals surface area contributed by atoms with E-state index in [2.05, 4.69) is 0 Å². The summed E-state index contributed by atoms with van der Waals surface area (Å²) in [4.78, 5) is 9.37. The number of carboxylic acids is 1. The predicted molar refractivity (Wildman–Crippen MR) is 32.4 cm³/mol. The highest BCUT2D eigenvalue weighted by molar-refractivity contribution is 5.66. The number of hydrogen-bond acceptors (Lipinski definition) is 1. The van der Waals surface area contributed by atoms with E-state index in [0.717, 1.165) is 0 Å². The standard InChI is InChI=1S/C3H6O2.4H2O/c1-2-3(4)5;;;;/h2H2,1H3,(H,4,5);4*1H2.